The maximum Gasteiger partial charge on any atom is 0.332 e. The minimum absolute atomic E-state index is 0.297. The summed E-state index contributed by atoms with van der Waals surface area (Å²) in [4.78, 5) is 21.9. The van der Waals surface area contributed by atoms with Crippen LogP contribution in [0.4, 0.5) is 5.69 Å². The molecule has 0 aliphatic carbocycles. The van der Waals surface area contributed by atoms with Crippen LogP contribution in [0.15, 0.2) is 28.7 Å². The Hall–Kier alpha value is -1.40. The summed E-state index contributed by atoms with van der Waals surface area (Å²) in [5.41, 5.74) is 0.615. The highest BCUT2D eigenvalue weighted by atomic mass is 79.9. The van der Waals surface area contributed by atoms with Gasteiger partial charge in [-0.2, -0.15) is 0 Å². The molecule has 92 valence electrons. The molecule has 1 rings (SSSR count). The molecule has 1 unspecified atom stereocenters. The molecule has 0 fully saturated rings. The smallest absolute Gasteiger partial charge is 0.332 e. The van der Waals surface area contributed by atoms with E-state index in [1.807, 2.05) is 6.07 Å². The molecule has 0 radical (unpaired) electrons. The topological polar surface area (TPSA) is 75.6 Å². The molecule has 1 atom stereocenters. The lowest BCUT2D eigenvalue weighted by molar-refractivity contribution is -0.150. The maximum absolute atomic E-state index is 11.4. The van der Waals surface area contributed by atoms with Crippen molar-refractivity contribution in [1.29, 1.82) is 0 Å². The van der Waals surface area contributed by atoms with E-state index >= 15 is 0 Å². The molecule has 6 heteroatoms. The summed E-state index contributed by atoms with van der Waals surface area (Å²) in [6.45, 7) is 1.07. The molecule has 0 aliphatic rings. The highest BCUT2D eigenvalue weighted by Crippen LogP contribution is 2.20. The lowest BCUT2D eigenvalue weighted by Gasteiger charge is -2.09. The summed E-state index contributed by atoms with van der Waals surface area (Å²) in [5, 5.41) is 11.2. The lowest BCUT2D eigenvalue weighted by Crippen LogP contribution is -2.26. The van der Waals surface area contributed by atoms with Crippen LogP contribution in [0.3, 0.4) is 0 Å². The van der Waals surface area contributed by atoms with E-state index in [4.69, 9.17) is 9.84 Å². The molecular weight excluding hydrogens is 290 g/mol. The molecule has 17 heavy (non-hydrogen) atoms. The molecule has 1 aromatic rings. The zero-order valence-electron chi connectivity index (χ0n) is 9.14. The van der Waals surface area contributed by atoms with Crippen LogP contribution in [0.2, 0.25) is 0 Å². The Morgan fingerprint density at radius 3 is 2.71 bits per heavy atom. The SMILES string of the molecule is CC(OCC(=O)Nc1ccccc1Br)C(=O)O. The largest absolute Gasteiger partial charge is 0.479 e. The van der Waals surface area contributed by atoms with Gasteiger partial charge in [0, 0.05) is 4.47 Å². The van der Waals surface area contributed by atoms with Crippen LogP contribution in [-0.2, 0) is 14.3 Å². The highest BCUT2D eigenvalue weighted by molar-refractivity contribution is 9.10. The molecule has 0 bridgehead atoms. The fraction of sp³-hybridized carbons (Fsp3) is 0.273. The van der Waals surface area contributed by atoms with Gasteiger partial charge in [-0.15, -0.1) is 0 Å². The van der Waals surface area contributed by atoms with Gasteiger partial charge in [-0.1, -0.05) is 12.1 Å². The van der Waals surface area contributed by atoms with Crippen LogP contribution >= 0.6 is 15.9 Å². The summed E-state index contributed by atoms with van der Waals surface area (Å²) in [6, 6.07) is 7.11. The zero-order chi connectivity index (χ0) is 12.8. The van der Waals surface area contributed by atoms with E-state index in [0.29, 0.717) is 5.69 Å². The van der Waals surface area contributed by atoms with Crippen molar-refractivity contribution >= 4 is 33.5 Å². The van der Waals surface area contributed by atoms with Crippen molar-refractivity contribution in [3.8, 4) is 0 Å². The predicted molar refractivity (Wildman–Crippen MR) is 65.8 cm³/mol. The first-order chi connectivity index (χ1) is 8.00. The number of rotatable bonds is 5. The molecule has 2 N–H and O–H groups in total. The molecule has 0 spiro atoms. The number of halogens is 1. The monoisotopic (exact) mass is 301 g/mol. The van der Waals surface area contributed by atoms with Gasteiger partial charge in [0.05, 0.1) is 5.69 Å². The van der Waals surface area contributed by atoms with Gasteiger partial charge in [-0.25, -0.2) is 4.79 Å². The van der Waals surface area contributed by atoms with E-state index < -0.39 is 18.0 Å². The standard InChI is InChI=1S/C11H12BrNO4/c1-7(11(15)16)17-6-10(14)13-9-5-3-2-4-8(9)12/h2-5,7H,6H2,1H3,(H,13,14)(H,15,16). The van der Waals surface area contributed by atoms with Crippen LogP contribution in [0.1, 0.15) is 6.92 Å². The minimum atomic E-state index is -1.10. The van der Waals surface area contributed by atoms with E-state index in [1.165, 1.54) is 6.92 Å². The van der Waals surface area contributed by atoms with E-state index in [2.05, 4.69) is 21.2 Å². The molecular formula is C11H12BrNO4. The number of carbonyl (C=O) groups is 2. The summed E-state index contributed by atoms with van der Waals surface area (Å²) < 4.78 is 5.60. The summed E-state index contributed by atoms with van der Waals surface area (Å²) in [6.07, 6.45) is -1.00. The maximum atomic E-state index is 11.4. The van der Waals surface area contributed by atoms with Crippen LogP contribution in [0.25, 0.3) is 0 Å². The van der Waals surface area contributed by atoms with Crippen molar-refractivity contribution in [1.82, 2.24) is 0 Å². The molecule has 0 aliphatic heterocycles. The third-order valence-electron chi connectivity index (χ3n) is 1.96. The van der Waals surface area contributed by atoms with Gasteiger partial charge in [-0.3, -0.25) is 4.79 Å². The number of carboxylic acids is 1. The molecule has 0 saturated carbocycles. The van der Waals surface area contributed by atoms with E-state index in [1.54, 1.807) is 18.2 Å². The number of ether oxygens (including phenoxy) is 1. The Morgan fingerprint density at radius 2 is 2.12 bits per heavy atom. The van der Waals surface area contributed by atoms with Crippen molar-refractivity contribution in [2.45, 2.75) is 13.0 Å². The lowest BCUT2D eigenvalue weighted by atomic mass is 10.3. The van der Waals surface area contributed by atoms with E-state index in [0.717, 1.165) is 4.47 Å². The van der Waals surface area contributed by atoms with Crippen LogP contribution in [0, 0.1) is 0 Å². The molecule has 1 amide bonds. The average molecular weight is 302 g/mol. The predicted octanol–water partition coefficient (Wildman–Crippen LogP) is 1.88. The Kier molecular flexibility index (Phi) is 5.11. The van der Waals surface area contributed by atoms with Gasteiger partial charge >= 0.3 is 5.97 Å². The number of nitrogens with one attached hydrogen (secondary N) is 1. The molecule has 0 saturated heterocycles. The Morgan fingerprint density at radius 1 is 1.47 bits per heavy atom. The van der Waals surface area contributed by atoms with Crippen molar-refractivity contribution in [3.63, 3.8) is 0 Å². The Balaban J connectivity index is 2.46. The number of carbonyl (C=O) groups excluding carboxylic acids is 1. The van der Waals surface area contributed by atoms with Crippen molar-refractivity contribution < 1.29 is 19.4 Å². The number of carboxylic acid groups (broad SMARTS) is 1. The van der Waals surface area contributed by atoms with Gasteiger partial charge in [-0.05, 0) is 35.0 Å². The van der Waals surface area contributed by atoms with Crippen molar-refractivity contribution in [3.05, 3.63) is 28.7 Å². The fourth-order valence-electron chi connectivity index (χ4n) is 1.02. The third-order valence-corrected chi connectivity index (χ3v) is 2.65. The Bertz CT molecular complexity index is 422. The second-order valence-corrected chi connectivity index (χ2v) is 4.17. The zero-order valence-corrected chi connectivity index (χ0v) is 10.7. The number of hydrogen-bond donors (Lipinski definition) is 2. The summed E-state index contributed by atoms with van der Waals surface area (Å²) in [5.74, 6) is -1.50. The number of amides is 1. The normalized spacial score (nSPS) is 11.9. The first-order valence-electron chi connectivity index (χ1n) is 4.89. The van der Waals surface area contributed by atoms with Crippen LogP contribution in [0.5, 0.6) is 0 Å². The third kappa shape index (κ3) is 4.54. The van der Waals surface area contributed by atoms with Crippen LogP contribution < -0.4 is 5.32 Å². The second kappa shape index (κ2) is 6.36. The number of aliphatic carboxylic acids is 1. The molecule has 0 aromatic heterocycles. The van der Waals surface area contributed by atoms with E-state index in [9.17, 15) is 9.59 Å². The molecule has 1 aromatic carbocycles. The number of para-hydroxylation sites is 1. The van der Waals surface area contributed by atoms with Gasteiger partial charge in [0.25, 0.3) is 0 Å². The van der Waals surface area contributed by atoms with Gasteiger partial charge < -0.3 is 15.2 Å². The van der Waals surface area contributed by atoms with Gasteiger partial charge in [0.15, 0.2) is 6.10 Å². The summed E-state index contributed by atoms with van der Waals surface area (Å²) >= 11 is 3.28. The number of hydrogen-bond acceptors (Lipinski definition) is 3. The Labute approximate surface area is 107 Å². The molecule has 0 heterocycles. The summed E-state index contributed by atoms with van der Waals surface area (Å²) in [7, 11) is 0. The minimum Gasteiger partial charge on any atom is -0.479 e. The van der Waals surface area contributed by atoms with Gasteiger partial charge in [0.1, 0.15) is 6.61 Å². The van der Waals surface area contributed by atoms with Crippen LogP contribution in [-0.4, -0.2) is 29.7 Å². The number of anilines is 1. The quantitative estimate of drug-likeness (QED) is 0.870. The van der Waals surface area contributed by atoms with Gasteiger partial charge in [0.2, 0.25) is 5.91 Å². The highest BCUT2D eigenvalue weighted by Gasteiger charge is 2.13. The molecule has 5 nitrogen and oxygen atoms in total. The van der Waals surface area contributed by atoms with E-state index in [-0.39, 0.29) is 6.61 Å². The second-order valence-electron chi connectivity index (χ2n) is 3.32. The first kappa shape index (κ1) is 13.7. The van der Waals surface area contributed by atoms with Crippen molar-refractivity contribution in [2.24, 2.45) is 0 Å². The average Bonchev–Trinajstić information content (AvgIpc) is 2.29. The fourth-order valence-corrected chi connectivity index (χ4v) is 1.40. The van der Waals surface area contributed by atoms with Crippen molar-refractivity contribution in [2.75, 3.05) is 11.9 Å². The first-order valence-corrected chi connectivity index (χ1v) is 5.69. The number of benzene rings is 1.